The molecule has 0 aliphatic carbocycles. The summed E-state index contributed by atoms with van der Waals surface area (Å²) >= 11 is 5.96. The third-order valence-electron chi connectivity index (χ3n) is 4.43. The van der Waals surface area contributed by atoms with Gasteiger partial charge in [0, 0.05) is 17.0 Å². The van der Waals surface area contributed by atoms with E-state index in [9.17, 15) is 9.59 Å². The molecular formula is C24H23ClN2O4. The van der Waals surface area contributed by atoms with Gasteiger partial charge in [0.25, 0.3) is 11.8 Å². The molecule has 0 aliphatic heterocycles. The molecule has 3 rings (SSSR count). The van der Waals surface area contributed by atoms with E-state index in [-0.39, 0.29) is 6.61 Å². The molecule has 3 aromatic carbocycles. The van der Waals surface area contributed by atoms with E-state index < -0.39 is 11.8 Å². The van der Waals surface area contributed by atoms with Gasteiger partial charge in [-0.2, -0.15) is 0 Å². The molecule has 2 amide bonds. The first-order chi connectivity index (χ1) is 15.0. The molecule has 6 nitrogen and oxygen atoms in total. The SMILES string of the molecule is Cc1cc(OCC(=O)NNC(=O)c2ccc(OCCc3ccccc3)cc2)ccc1Cl. The summed E-state index contributed by atoms with van der Waals surface area (Å²) in [5.41, 5.74) is 7.12. The quantitative estimate of drug-likeness (QED) is 0.519. The zero-order valence-corrected chi connectivity index (χ0v) is 17.8. The van der Waals surface area contributed by atoms with Crippen LogP contribution in [0, 0.1) is 6.92 Å². The van der Waals surface area contributed by atoms with E-state index in [1.807, 2.05) is 37.3 Å². The minimum absolute atomic E-state index is 0.241. The Morgan fingerprint density at radius 3 is 2.29 bits per heavy atom. The van der Waals surface area contributed by atoms with Crippen molar-refractivity contribution in [2.75, 3.05) is 13.2 Å². The molecule has 160 valence electrons. The Bertz CT molecular complexity index is 1020. The molecule has 0 fully saturated rings. The fraction of sp³-hybridized carbons (Fsp3) is 0.167. The number of carbonyl (C=O) groups is 2. The van der Waals surface area contributed by atoms with Crippen molar-refractivity contribution in [3.05, 3.63) is 94.5 Å². The van der Waals surface area contributed by atoms with Crippen LogP contribution in [0.5, 0.6) is 11.5 Å². The first-order valence-corrected chi connectivity index (χ1v) is 10.1. The maximum absolute atomic E-state index is 12.2. The number of rotatable bonds is 8. The summed E-state index contributed by atoms with van der Waals surface area (Å²) in [6.45, 7) is 2.14. The average Bonchev–Trinajstić information content (AvgIpc) is 2.79. The van der Waals surface area contributed by atoms with Crippen molar-refractivity contribution in [1.82, 2.24) is 10.9 Å². The van der Waals surface area contributed by atoms with Gasteiger partial charge in [-0.15, -0.1) is 0 Å². The highest BCUT2D eigenvalue weighted by atomic mass is 35.5. The summed E-state index contributed by atoms with van der Waals surface area (Å²) in [5.74, 6) is 0.266. The molecule has 0 saturated carbocycles. The number of hydrogen-bond acceptors (Lipinski definition) is 4. The zero-order valence-electron chi connectivity index (χ0n) is 17.1. The lowest BCUT2D eigenvalue weighted by Gasteiger charge is -2.10. The molecule has 0 radical (unpaired) electrons. The lowest BCUT2D eigenvalue weighted by molar-refractivity contribution is -0.123. The van der Waals surface area contributed by atoms with Crippen LogP contribution < -0.4 is 20.3 Å². The van der Waals surface area contributed by atoms with E-state index in [0.29, 0.717) is 28.7 Å². The second-order valence-corrected chi connectivity index (χ2v) is 7.22. The van der Waals surface area contributed by atoms with E-state index in [1.165, 1.54) is 5.56 Å². The lowest BCUT2D eigenvalue weighted by Crippen LogP contribution is -2.43. The Hall–Kier alpha value is -3.51. The van der Waals surface area contributed by atoms with Crippen molar-refractivity contribution in [2.45, 2.75) is 13.3 Å². The van der Waals surface area contributed by atoms with Crippen LogP contribution in [0.1, 0.15) is 21.5 Å². The molecule has 31 heavy (non-hydrogen) atoms. The smallest absolute Gasteiger partial charge is 0.276 e. The van der Waals surface area contributed by atoms with E-state index in [2.05, 4.69) is 10.9 Å². The van der Waals surface area contributed by atoms with Gasteiger partial charge in [-0.1, -0.05) is 41.9 Å². The predicted molar refractivity (Wildman–Crippen MR) is 119 cm³/mol. The number of nitrogens with one attached hydrogen (secondary N) is 2. The van der Waals surface area contributed by atoms with Gasteiger partial charge >= 0.3 is 0 Å². The maximum atomic E-state index is 12.2. The van der Waals surface area contributed by atoms with Crippen molar-refractivity contribution in [2.24, 2.45) is 0 Å². The summed E-state index contributed by atoms with van der Waals surface area (Å²) < 4.78 is 11.1. The second-order valence-electron chi connectivity index (χ2n) is 6.81. The Labute approximate surface area is 186 Å². The van der Waals surface area contributed by atoms with E-state index in [1.54, 1.807) is 42.5 Å². The first-order valence-electron chi connectivity index (χ1n) is 9.76. The van der Waals surface area contributed by atoms with Gasteiger partial charge in [0.2, 0.25) is 0 Å². The minimum Gasteiger partial charge on any atom is -0.493 e. The van der Waals surface area contributed by atoms with Crippen LogP contribution in [0.2, 0.25) is 5.02 Å². The largest absolute Gasteiger partial charge is 0.493 e. The number of amides is 2. The highest BCUT2D eigenvalue weighted by Gasteiger charge is 2.09. The van der Waals surface area contributed by atoms with Gasteiger partial charge in [-0.25, -0.2) is 0 Å². The van der Waals surface area contributed by atoms with E-state index in [0.717, 1.165) is 12.0 Å². The van der Waals surface area contributed by atoms with Crippen LogP contribution >= 0.6 is 11.6 Å². The zero-order chi connectivity index (χ0) is 22.1. The molecular weight excluding hydrogens is 416 g/mol. The van der Waals surface area contributed by atoms with Crippen LogP contribution in [0.25, 0.3) is 0 Å². The molecule has 3 aromatic rings. The normalized spacial score (nSPS) is 10.3. The third-order valence-corrected chi connectivity index (χ3v) is 4.86. The summed E-state index contributed by atoms with van der Waals surface area (Å²) in [6, 6.07) is 21.9. The predicted octanol–water partition coefficient (Wildman–Crippen LogP) is 4.11. The van der Waals surface area contributed by atoms with E-state index in [4.69, 9.17) is 21.1 Å². The van der Waals surface area contributed by atoms with Gasteiger partial charge in [-0.05, 0) is 60.5 Å². The molecule has 7 heteroatoms. The highest BCUT2D eigenvalue weighted by molar-refractivity contribution is 6.31. The Kier molecular flexibility index (Phi) is 7.90. The topological polar surface area (TPSA) is 76.7 Å². The molecule has 0 bridgehead atoms. The van der Waals surface area contributed by atoms with Gasteiger partial charge in [-0.3, -0.25) is 20.4 Å². The van der Waals surface area contributed by atoms with E-state index >= 15 is 0 Å². The standard InChI is InChI=1S/C24H23ClN2O4/c1-17-15-21(11-12-22(17)25)31-16-23(28)26-27-24(29)19-7-9-20(10-8-19)30-14-13-18-5-3-2-4-6-18/h2-12,15H,13-14,16H2,1H3,(H,26,28)(H,27,29). The molecule has 0 atom stereocenters. The fourth-order valence-electron chi connectivity index (χ4n) is 2.72. The van der Waals surface area contributed by atoms with Crippen LogP contribution in [0.3, 0.4) is 0 Å². The fourth-order valence-corrected chi connectivity index (χ4v) is 2.84. The Morgan fingerprint density at radius 1 is 0.871 bits per heavy atom. The van der Waals surface area contributed by atoms with Gasteiger partial charge < -0.3 is 9.47 Å². The monoisotopic (exact) mass is 438 g/mol. The minimum atomic E-state index is -0.484. The number of hydrogen-bond donors (Lipinski definition) is 2. The van der Waals surface area contributed by atoms with Crippen molar-refractivity contribution >= 4 is 23.4 Å². The Morgan fingerprint density at radius 2 is 1.58 bits per heavy atom. The maximum Gasteiger partial charge on any atom is 0.276 e. The average molecular weight is 439 g/mol. The van der Waals surface area contributed by atoms with Crippen molar-refractivity contribution in [3.8, 4) is 11.5 Å². The van der Waals surface area contributed by atoms with Crippen molar-refractivity contribution < 1.29 is 19.1 Å². The number of ether oxygens (including phenoxy) is 2. The lowest BCUT2D eigenvalue weighted by atomic mass is 10.2. The second kappa shape index (κ2) is 11.0. The molecule has 2 N–H and O–H groups in total. The first kappa shape index (κ1) is 22.2. The van der Waals surface area contributed by atoms with Crippen molar-refractivity contribution in [3.63, 3.8) is 0 Å². The number of aryl methyl sites for hydroxylation is 1. The van der Waals surface area contributed by atoms with Crippen LogP contribution in [0.15, 0.2) is 72.8 Å². The van der Waals surface area contributed by atoms with Crippen LogP contribution in [-0.2, 0) is 11.2 Å². The molecule has 0 aliphatic rings. The summed E-state index contributed by atoms with van der Waals surface area (Å²) in [5, 5.41) is 0.622. The molecule has 0 saturated heterocycles. The number of halogens is 1. The highest BCUT2D eigenvalue weighted by Crippen LogP contribution is 2.20. The molecule has 0 unspecified atom stereocenters. The molecule has 0 heterocycles. The number of carbonyl (C=O) groups excluding carboxylic acids is 2. The van der Waals surface area contributed by atoms with Gasteiger partial charge in [0.1, 0.15) is 11.5 Å². The summed E-state index contributed by atoms with van der Waals surface area (Å²) in [6.07, 6.45) is 0.798. The Balaban J connectivity index is 1.39. The molecule has 0 spiro atoms. The van der Waals surface area contributed by atoms with Gasteiger partial charge in [0.05, 0.1) is 6.61 Å². The molecule has 0 aromatic heterocycles. The van der Waals surface area contributed by atoms with Crippen molar-refractivity contribution in [1.29, 1.82) is 0 Å². The van der Waals surface area contributed by atoms with Gasteiger partial charge in [0.15, 0.2) is 6.61 Å². The van der Waals surface area contributed by atoms with Crippen LogP contribution in [0.4, 0.5) is 0 Å². The third kappa shape index (κ3) is 7.04. The van der Waals surface area contributed by atoms with Crippen LogP contribution in [-0.4, -0.2) is 25.0 Å². The number of hydrazine groups is 1. The summed E-state index contributed by atoms with van der Waals surface area (Å²) in [4.78, 5) is 24.1. The summed E-state index contributed by atoms with van der Waals surface area (Å²) in [7, 11) is 0. The number of benzene rings is 3.